The van der Waals surface area contributed by atoms with E-state index < -0.39 is 0 Å². The molecule has 35 heavy (non-hydrogen) atoms. The number of aryl methyl sites for hydroxylation is 1. The summed E-state index contributed by atoms with van der Waals surface area (Å²) in [6, 6.07) is 30.5. The van der Waals surface area contributed by atoms with Crippen LogP contribution in [0.2, 0.25) is 0 Å². The van der Waals surface area contributed by atoms with Gasteiger partial charge in [0, 0.05) is 23.0 Å². The van der Waals surface area contributed by atoms with Gasteiger partial charge >= 0.3 is 0 Å². The number of carbonyl (C=O) groups is 1. The van der Waals surface area contributed by atoms with Crippen molar-refractivity contribution in [3.05, 3.63) is 113 Å². The molecule has 3 heterocycles. The molecule has 1 saturated heterocycles. The highest BCUT2D eigenvalue weighted by Crippen LogP contribution is 2.47. The first-order valence-corrected chi connectivity index (χ1v) is 13.4. The van der Waals surface area contributed by atoms with E-state index in [0.29, 0.717) is 5.75 Å². The smallest absolute Gasteiger partial charge is 0.238 e. The summed E-state index contributed by atoms with van der Waals surface area (Å²) in [6.45, 7) is 2.08. The second-order valence-electron chi connectivity index (χ2n) is 8.48. The Hall–Kier alpha value is -3.55. The lowest BCUT2D eigenvalue weighted by molar-refractivity contribution is -0.115. The monoisotopic (exact) mass is 496 g/mol. The number of hydrazine groups is 1. The summed E-state index contributed by atoms with van der Waals surface area (Å²) in [5, 5.41) is 3.10. The minimum Gasteiger partial charge on any atom is -0.305 e. The molecule has 0 saturated carbocycles. The number of aromatic nitrogens is 1. The number of nitrogens with zero attached hydrogens (tertiary/aromatic N) is 3. The quantitative estimate of drug-likeness (QED) is 0.358. The Morgan fingerprint density at radius 2 is 1.51 bits per heavy atom. The highest BCUT2D eigenvalue weighted by molar-refractivity contribution is 8.01. The number of rotatable bonds is 5. The molecule has 1 fully saturated rings. The molecule has 1 amide bonds. The second-order valence-corrected chi connectivity index (χ2v) is 10.6. The predicted molar refractivity (Wildman–Crippen MR) is 145 cm³/mol. The third-order valence-corrected chi connectivity index (χ3v) is 8.74. The van der Waals surface area contributed by atoms with E-state index in [1.54, 1.807) is 23.1 Å². The summed E-state index contributed by atoms with van der Waals surface area (Å²) < 4.78 is 0. The lowest BCUT2D eigenvalue weighted by Crippen LogP contribution is -2.38. The molecule has 5 nitrogen and oxygen atoms in total. The summed E-state index contributed by atoms with van der Waals surface area (Å²) in [7, 11) is 0. The Morgan fingerprint density at radius 1 is 0.886 bits per heavy atom. The summed E-state index contributed by atoms with van der Waals surface area (Å²) in [6.07, 6.45) is 2.07. The van der Waals surface area contributed by atoms with Gasteiger partial charge in [-0.15, -0.1) is 23.1 Å². The van der Waals surface area contributed by atoms with E-state index in [9.17, 15) is 4.79 Å². The van der Waals surface area contributed by atoms with Crippen molar-refractivity contribution in [3.63, 3.8) is 0 Å². The summed E-state index contributed by atoms with van der Waals surface area (Å²) in [5.41, 5.74) is 8.78. The van der Waals surface area contributed by atoms with Crippen LogP contribution in [0.5, 0.6) is 0 Å². The fraction of sp³-hybridized carbons (Fsp3) is 0.143. The number of anilines is 2. The molecule has 2 unspecified atom stereocenters. The van der Waals surface area contributed by atoms with Gasteiger partial charge in [0.15, 0.2) is 0 Å². The normalized spacial score (nSPS) is 19.7. The van der Waals surface area contributed by atoms with Crippen molar-refractivity contribution >= 4 is 40.4 Å². The van der Waals surface area contributed by atoms with Crippen molar-refractivity contribution in [2.75, 3.05) is 15.7 Å². The van der Waals surface area contributed by atoms with Crippen LogP contribution in [0.4, 0.5) is 11.4 Å². The van der Waals surface area contributed by atoms with Crippen molar-refractivity contribution < 1.29 is 4.79 Å². The molecule has 1 N–H and O–H groups in total. The number of hydrogen-bond donors (Lipinski definition) is 1. The van der Waals surface area contributed by atoms with Crippen LogP contribution in [0.1, 0.15) is 16.6 Å². The Labute approximate surface area is 213 Å². The fourth-order valence-electron chi connectivity index (χ4n) is 4.64. The van der Waals surface area contributed by atoms with Crippen molar-refractivity contribution in [2.24, 2.45) is 0 Å². The Kier molecular flexibility index (Phi) is 5.80. The molecule has 174 valence electrons. The molecule has 1 aromatic heterocycles. The number of thioether (sulfide) groups is 1. The van der Waals surface area contributed by atoms with Crippen LogP contribution in [0, 0.1) is 6.92 Å². The predicted octanol–water partition coefficient (Wildman–Crippen LogP) is 6.17. The van der Waals surface area contributed by atoms with E-state index in [-0.39, 0.29) is 17.3 Å². The van der Waals surface area contributed by atoms with Crippen molar-refractivity contribution in [1.29, 1.82) is 0 Å². The lowest BCUT2D eigenvalue weighted by atomic mass is 10.0. The molecule has 2 atom stereocenters. The van der Waals surface area contributed by atoms with Gasteiger partial charge in [0.25, 0.3) is 0 Å². The van der Waals surface area contributed by atoms with Crippen LogP contribution in [-0.2, 0) is 4.79 Å². The molecule has 0 spiro atoms. The zero-order valence-electron chi connectivity index (χ0n) is 19.2. The third-order valence-electron chi connectivity index (χ3n) is 6.27. The molecule has 0 aliphatic carbocycles. The molecule has 7 heteroatoms. The number of thiazole rings is 1. The number of benzene rings is 3. The SMILES string of the molecule is Cc1nc(-c2ccccc2)sc1C1C(C2SCC(=O)N2c2ccccc2)=CNN1c1ccccc1. The Morgan fingerprint density at radius 3 is 2.20 bits per heavy atom. The second kappa shape index (κ2) is 9.24. The first kappa shape index (κ1) is 21.9. The lowest BCUT2D eigenvalue weighted by Gasteiger charge is -2.32. The average Bonchev–Trinajstić information content (AvgIpc) is 3.61. The van der Waals surface area contributed by atoms with Gasteiger partial charge in [0.05, 0.1) is 22.0 Å². The highest BCUT2D eigenvalue weighted by atomic mass is 32.2. The van der Waals surface area contributed by atoms with E-state index in [0.717, 1.165) is 33.2 Å². The average molecular weight is 497 g/mol. The van der Waals surface area contributed by atoms with Gasteiger partial charge in [-0.1, -0.05) is 66.7 Å². The first-order chi connectivity index (χ1) is 17.2. The van der Waals surface area contributed by atoms with Crippen LogP contribution in [0.3, 0.4) is 0 Å². The van der Waals surface area contributed by atoms with E-state index in [1.807, 2.05) is 71.6 Å². The first-order valence-electron chi connectivity index (χ1n) is 11.5. The van der Waals surface area contributed by atoms with E-state index in [2.05, 4.69) is 47.8 Å². The maximum Gasteiger partial charge on any atom is 0.238 e. The van der Waals surface area contributed by atoms with Crippen LogP contribution < -0.4 is 15.3 Å². The van der Waals surface area contributed by atoms with Crippen LogP contribution in [0.25, 0.3) is 10.6 Å². The third kappa shape index (κ3) is 4.00. The van der Waals surface area contributed by atoms with Crippen LogP contribution in [0.15, 0.2) is 103 Å². The standard InChI is InChI=1S/C28H24N4OS2/c1-19-26(35-27(30-19)20-11-5-2-6-12-20)25-23(17-29-32(25)22-15-9-4-10-16-22)28-31(24(33)18-34-28)21-13-7-3-8-14-21/h2-17,25,28-29H,18H2,1H3. The van der Waals surface area contributed by atoms with Gasteiger partial charge < -0.3 is 5.43 Å². The van der Waals surface area contributed by atoms with E-state index in [1.165, 1.54) is 4.88 Å². The highest BCUT2D eigenvalue weighted by Gasteiger charge is 2.43. The Bertz CT molecular complexity index is 1370. The molecule has 3 aromatic carbocycles. The number of carbonyl (C=O) groups excluding carboxylic acids is 1. The van der Waals surface area contributed by atoms with Crippen molar-refractivity contribution in [3.8, 4) is 10.6 Å². The summed E-state index contributed by atoms with van der Waals surface area (Å²) in [4.78, 5) is 21.1. The number of hydrogen-bond acceptors (Lipinski definition) is 6. The maximum absolute atomic E-state index is 13.0. The number of nitrogens with one attached hydrogen (secondary N) is 1. The molecular weight excluding hydrogens is 472 g/mol. The van der Waals surface area contributed by atoms with E-state index in [4.69, 9.17) is 4.98 Å². The van der Waals surface area contributed by atoms with Crippen molar-refractivity contribution in [2.45, 2.75) is 18.3 Å². The zero-order chi connectivity index (χ0) is 23.8. The summed E-state index contributed by atoms with van der Waals surface area (Å²) in [5.74, 6) is 0.598. The van der Waals surface area contributed by atoms with Gasteiger partial charge in [-0.25, -0.2) is 4.98 Å². The maximum atomic E-state index is 13.0. The number of para-hydroxylation sites is 2. The van der Waals surface area contributed by atoms with Gasteiger partial charge in [-0.05, 0) is 31.2 Å². The number of amides is 1. The van der Waals surface area contributed by atoms with Gasteiger partial charge in [0.1, 0.15) is 16.4 Å². The minimum absolute atomic E-state index is 0.0815. The van der Waals surface area contributed by atoms with Gasteiger partial charge in [-0.2, -0.15) is 0 Å². The molecule has 6 rings (SSSR count). The van der Waals surface area contributed by atoms with Crippen LogP contribution in [-0.4, -0.2) is 22.0 Å². The fourth-order valence-corrected chi connectivity index (χ4v) is 7.05. The molecule has 0 radical (unpaired) electrons. The topological polar surface area (TPSA) is 48.5 Å². The molecular formula is C28H24N4OS2. The van der Waals surface area contributed by atoms with E-state index >= 15 is 0 Å². The molecule has 4 aromatic rings. The Balaban J connectivity index is 1.44. The largest absolute Gasteiger partial charge is 0.305 e. The van der Waals surface area contributed by atoms with Crippen molar-refractivity contribution in [1.82, 2.24) is 10.4 Å². The van der Waals surface area contributed by atoms with Crippen LogP contribution >= 0.6 is 23.1 Å². The molecule has 2 aliphatic heterocycles. The molecule has 2 aliphatic rings. The van der Waals surface area contributed by atoms with Gasteiger partial charge in [-0.3, -0.25) is 14.7 Å². The minimum atomic E-state index is -0.0993. The van der Waals surface area contributed by atoms with Gasteiger partial charge in [0.2, 0.25) is 5.91 Å². The zero-order valence-corrected chi connectivity index (χ0v) is 20.8. The molecule has 0 bridgehead atoms. The summed E-state index contributed by atoms with van der Waals surface area (Å²) >= 11 is 3.40.